The summed E-state index contributed by atoms with van der Waals surface area (Å²) in [6, 6.07) is 0. The van der Waals surface area contributed by atoms with E-state index < -0.39 is 24.3 Å². The number of carboxylic acids is 1. The molecule has 0 aromatic rings. The number of unbranched alkanes of at least 4 members (excludes halogenated alkanes) is 29. The van der Waals surface area contributed by atoms with Gasteiger partial charge in [0.15, 0.2) is 12.4 Å². The molecule has 0 amide bonds. The number of nitrogens with zero attached hydrogens (tertiary/aromatic N) is 1. The van der Waals surface area contributed by atoms with E-state index in [4.69, 9.17) is 18.9 Å². The Kier molecular flexibility index (Phi) is 55.9. The van der Waals surface area contributed by atoms with E-state index in [9.17, 15) is 19.5 Å². The van der Waals surface area contributed by atoms with Gasteiger partial charge in [-0.25, -0.2) is 0 Å². The van der Waals surface area contributed by atoms with Crippen LogP contribution in [0.1, 0.15) is 271 Å². The lowest BCUT2D eigenvalue weighted by atomic mass is 10.0. The molecule has 77 heavy (non-hydrogen) atoms. The molecule has 444 valence electrons. The summed E-state index contributed by atoms with van der Waals surface area (Å²) in [5.41, 5.74) is 0. The van der Waals surface area contributed by atoms with Gasteiger partial charge in [0.2, 0.25) is 0 Å². The summed E-state index contributed by atoms with van der Waals surface area (Å²) in [6.45, 7) is 4.64. The normalized spacial score (nSPS) is 13.3. The molecule has 0 aromatic carbocycles. The van der Waals surface area contributed by atoms with E-state index in [1.165, 1.54) is 154 Å². The van der Waals surface area contributed by atoms with Crippen LogP contribution in [0.15, 0.2) is 85.1 Å². The van der Waals surface area contributed by atoms with Crippen LogP contribution < -0.4 is 5.11 Å². The first kappa shape index (κ1) is 73.5. The highest BCUT2D eigenvalue weighted by Crippen LogP contribution is 2.16. The Morgan fingerprint density at radius 2 is 0.740 bits per heavy atom. The van der Waals surface area contributed by atoms with Crippen molar-refractivity contribution in [1.82, 2.24) is 0 Å². The fourth-order valence-electron chi connectivity index (χ4n) is 8.77. The summed E-state index contributed by atoms with van der Waals surface area (Å²) in [5, 5.41) is 11.8. The SMILES string of the molecule is CC/C=C\C/C=C\C/C=C\C/C=C\CCCCCCCCCCCCC(=O)OC(COC(=O)CCCCCCCCCCCCCCCC/C=C\C/C=C\C/C=C\CCCCCCC)COC(OCC[N+](C)(C)C)C(=O)[O-]. The largest absolute Gasteiger partial charge is 0.545 e. The monoisotopic (exact) mass is 1080 g/mol. The van der Waals surface area contributed by atoms with Crippen LogP contribution in [0.25, 0.3) is 0 Å². The van der Waals surface area contributed by atoms with E-state index in [0.29, 0.717) is 17.4 Å². The zero-order valence-corrected chi connectivity index (χ0v) is 50.6. The third-order valence-corrected chi connectivity index (χ3v) is 13.6. The van der Waals surface area contributed by atoms with E-state index in [2.05, 4.69) is 98.9 Å². The summed E-state index contributed by atoms with van der Waals surface area (Å²) < 4.78 is 22.8. The maximum Gasteiger partial charge on any atom is 0.306 e. The van der Waals surface area contributed by atoms with Crippen LogP contribution >= 0.6 is 0 Å². The molecular formula is C68H119NO8. The van der Waals surface area contributed by atoms with E-state index in [1.807, 2.05) is 21.1 Å². The predicted octanol–water partition coefficient (Wildman–Crippen LogP) is 17.8. The molecule has 0 fully saturated rings. The summed E-state index contributed by atoms with van der Waals surface area (Å²) in [7, 11) is 5.92. The molecule has 0 aliphatic heterocycles. The third-order valence-electron chi connectivity index (χ3n) is 13.6. The number of esters is 2. The Balaban J connectivity index is 4.18. The topological polar surface area (TPSA) is 111 Å². The molecule has 0 saturated carbocycles. The van der Waals surface area contributed by atoms with Gasteiger partial charge in [0.1, 0.15) is 13.2 Å². The number of hydrogen-bond acceptors (Lipinski definition) is 8. The lowest BCUT2D eigenvalue weighted by molar-refractivity contribution is -0.870. The first-order valence-corrected chi connectivity index (χ1v) is 31.7. The molecule has 0 N–H and O–H groups in total. The van der Waals surface area contributed by atoms with Crippen molar-refractivity contribution in [1.29, 1.82) is 0 Å². The van der Waals surface area contributed by atoms with E-state index in [-0.39, 0.29) is 38.6 Å². The minimum absolute atomic E-state index is 0.144. The van der Waals surface area contributed by atoms with Gasteiger partial charge in [0, 0.05) is 12.8 Å². The van der Waals surface area contributed by atoms with Crippen LogP contribution in [-0.2, 0) is 33.3 Å². The molecular weight excluding hydrogens is 959 g/mol. The van der Waals surface area contributed by atoms with Gasteiger partial charge in [-0.2, -0.15) is 0 Å². The van der Waals surface area contributed by atoms with Crippen molar-refractivity contribution in [2.45, 2.75) is 283 Å². The van der Waals surface area contributed by atoms with Crippen molar-refractivity contribution in [3.05, 3.63) is 85.1 Å². The number of carbonyl (C=O) groups is 3. The average Bonchev–Trinajstić information content (AvgIpc) is 3.40. The molecule has 0 aliphatic rings. The molecule has 0 radical (unpaired) electrons. The Morgan fingerprint density at radius 3 is 1.10 bits per heavy atom. The lowest BCUT2D eigenvalue weighted by Crippen LogP contribution is -2.44. The predicted molar refractivity (Wildman–Crippen MR) is 324 cm³/mol. The fraction of sp³-hybridized carbons (Fsp3) is 0.750. The van der Waals surface area contributed by atoms with Crippen LogP contribution in [0.3, 0.4) is 0 Å². The minimum Gasteiger partial charge on any atom is -0.545 e. The van der Waals surface area contributed by atoms with E-state index >= 15 is 0 Å². The smallest absolute Gasteiger partial charge is 0.306 e. The molecule has 0 aromatic heterocycles. The quantitative estimate of drug-likeness (QED) is 0.0195. The minimum atomic E-state index is -1.63. The lowest BCUT2D eigenvalue weighted by Gasteiger charge is -2.26. The van der Waals surface area contributed by atoms with Crippen LogP contribution in [0.5, 0.6) is 0 Å². The highest BCUT2D eigenvalue weighted by Gasteiger charge is 2.22. The van der Waals surface area contributed by atoms with E-state index in [0.717, 1.165) is 83.5 Å². The highest BCUT2D eigenvalue weighted by atomic mass is 16.7. The Labute approximate surface area is 474 Å². The second kappa shape index (κ2) is 58.6. The summed E-state index contributed by atoms with van der Waals surface area (Å²) in [4.78, 5) is 37.4. The maximum absolute atomic E-state index is 12.9. The molecule has 0 bridgehead atoms. The van der Waals surface area contributed by atoms with Crippen molar-refractivity contribution < 1.29 is 42.9 Å². The highest BCUT2D eigenvalue weighted by molar-refractivity contribution is 5.70. The molecule has 9 heteroatoms. The third kappa shape index (κ3) is 60.0. The van der Waals surface area contributed by atoms with Gasteiger partial charge in [0.05, 0.1) is 40.3 Å². The van der Waals surface area contributed by atoms with E-state index in [1.54, 1.807) is 0 Å². The first-order chi connectivity index (χ1) is 37.6. The first-order valence-electron chi connectivity index (χ1n) is 31.7. The van der Waals surface area contributed by atoms with Crippen molar-refractivity contribution in [2.75, 3.05) is 47.5 Å². The second-order valence-electron chi connectivity index (χ2n) is 22.3. The molecule has 2 atom stereocenters. The van der Waals surface area contributed by atoms with Crippen molar-refractivity contribution in [2.24, 2.45) is 0 Å². The molecule has 0 heterocycles. The molecule has 0 spiro atoms. The van der Waals surface area contributed by atoms with Crippen molar-refractivity contribution >= 4 is 17.9 Å². The second-order valence-corrected chi connectivity index (χ2v) is 22.3. The number of ether oxygens (including phenoxy) is 4. The van der Waals surface area contributed by atoms with Gasteiger partial charge in [-0.1, -0.05) is 253 Å². The number of likely N-dealkylation sites (N-methyl/N-ethyl adjacent to an activating group) is 1. The van der Waals surface area contributed by atoms with Gasteiger partial charge in [0.25, 0.3) is 0 Å². The summed E-state index contributed by atoms with van der Waals surface area (Å²) >= 11 is 0. The molecule has 9 nitrogen and oxygen atoms in total. The van der Waals surface area contributed by atoms with Gasteiger partial charge in [-0.15, -0.1) is 0 Å². The zero-order chi connectivity index (χ0) is 56.2. The molecule has 0 saturated heterocycles. The fourth-order valence-corrected chi connectivity index (χ4v) is 8.77. The Hall–Kier alpha value is -3.53. The Morgan fingerprint density at radius 1 is 0.403 bits per heavy atom. The molecule has 0 aliphatic carbocycles. The van der Waals surface area contributed by atoms with Crippen LogP contribution in [0, 0.1) is 0 Å². The molecule has 0 rings (SSSR count). The maximum atomic E-state index is 12.9. The number of aliphatic carboxylic acids is 1. The van der Waals surface area contributed by atoms with Gasteiger partial charge < -0.3 is 33.3 Å². The standard InChI is InChI=1S/C68H119NO8/c1-6-8-10-12-14-16-18-20-22-24-26-28-30-31-32-33-34-35-37-38-40-42-44-46-48-50-52-54-56-58-65(70)75-62-64(63-76-68(67(72)73)74-61-60-69(3,4)5)77-66(71)59-57-55-53-51-49-47-45-43-41-39-36-29-27-25-23-21-19-17-15-13-11-9-7-2/h9,11,15,17-18,20-21,23-24,26-27,29-31,64,68H,6-8,10,12-14,16,19,22,25,28,32-63H2,1-5H3/b11-9-,17-15-,20-18-,23-21-,26-24-,29-27-,31-30-. The van der Waals surface area contributed by atoms with Gasteiger partial charge >= 0.3 is 11.9 Å². The summed E-state index contributed by atoms with van der Waals surface area (Å²) in [6.07, 6.45) is 74.9. The van der Waals surface area contributed by atoms with Gasteiger partial charge in [-0.05, 0) is 89.9 Å². The molecule has 2 unspecified atom stereocenters. The van der Waals surface area contributed by atoms with Crippen molar-refractivity contribution in [3.63, 3.8) is 0 Å². The number of carboxylic acid groups (broad SMARTS) is 1. The van der Waals surface area contributed by atoms with Gasteiger partial charge in [-0.3, -0.25) is 9.59 Å². The Bertz CT molecular complexity index is 1540. The zero-order valence-electron chi connectivity index (χ0n) is 50.6. The number of carbonyl (C=O) groups excluding carboxylic acids is 3. The number of allylic oxidation sites excluding steroid dienone is 14. The number of quaternary nitrogens is 1. The van der Waals surface area contributed by atoms with Crippen molar-refractivity contribution in [3.8, 4) is 0 Å². The van der Waals surface area contributed by atoms with Crippen LogP contribution in [0.2, 0.25) is 0 Å². The van der Waals surface area contributed by atoms with Crippen LogP contribution in [-0.4, -0.2) is 82.3 Å². The van der Waals surface area contributed by atoms with Crippen LogP contribution in [0.4, 0.5) is 0 Å². The number of rotatable bonds is 58. The average molecular weight is 1080 g/mol. The summed E-state index contributed by atoms with van der Waals surface area (Å²) in [5.74, 6) is -2.29. The number of hydrogen-bond donors (Lipinski definition) is 0.